The Bertz CT molecular complexity index is 755. The quantitative estimate of drug-likeness (QED) is 0.469. The normalized spacial score (nSPS) is 30.7. The van der Waals surface area contributed by atoms with Gasteiger partial charge in [-0.25, -0.2) is 9.69 Å². The number of allylic oxidation sites excluding steroid dienone is 2. The summed E-state index contributed by atoms with van der Waals surface area (Å²) in [5, 5.41) is 0.226. The first kappa shape index (κ1) is 15.4. The third kappa shape index (κ3) is 2.04. The fourth-order valence-electron chi connectivity index (χ4n) is 4.25. The lowest BCUT2D eigenvalue weighted by Gasteiger charge is -2.38. The smallest absolute Gasteiger partial charge is 0.339 e. The van der Waals surface area contributed by atoms with Crippen molar-refractivity contribution in [2.45, 2.75) is 12.8 Å². The summed E-state index contributed by atoms with van der Waals surface area (Å²) in [5.74, 6) is -1.25. The third-order valence-electron chi connectivity index (χ3n) is 5.37. The minimum atomic E-state index is -0.597. The van der Waals surface area contributed by atoms with Gasteiger partial charge in [0.25, 0.3) is 0 Å². The molecule has 5 rings (SSSR count). The second-order valence-electron chi connectivity index (χ2n) is 6.51. The molecule has 3 aliphatic carbocycles. The predicted molar refractivity (Wildman–Crippen MR) is 87.6 cm³/mol. The summed E-state index contributed by atoms with van der Waals surface area (Å²) in [7, 11) is 1.26. The van der Waals surface area contributed by atoms with Gasteiger partial charge in [0, 0.05) is 0 Å². The lowest BCUT2D eigenvalue weighted by molar-refractivity contribution is -0.124. The van der Waals surface area contributed by atoms with E-state index in [1.165, 1.54) is 24.1 Å². The van der Waals surface area contributed by atoms with E-state index in [1.54, 1.807) is 6.07 Å². The molecule has 1 saturated heterocycles. The summed E-state index contributed by atoms with van der Waals surface area (Å²) in [6.07, 6.45) is 6.05. The maximum Gasteiger partial charge on any atom is 0.339 e. The molecule has 0 spiro atoms. The summed E-state index contributed by atoms with van der Waals surface area (Å²) in [6.45, 7) is 0. The number of rotatable bonds is 2. The van der Waals surface area contributed by atoms with Crippen LogP contribution in [0.15, 0.2) is 30.4 Å². The standard InChI is InChI=1S/C18H16ClNO4/c1-24-18(23)12-8-11(6-7-13(12)19)20-16(21)14-9-2-3-10(5-4-9)15(14)17(20)22/h2-3,6-10,14-15H,4-5H2,1H3/t9-,10-,14-,15+/m0/s1. The maximum atomic E-state index is 12.9. The number of benzene rings is 1. The molecular weight excluding hydrogens is 330 g/mol. The predicted octanol–water partition coefficient (Wildman–Crippen LogP) is 2.83. The summed E-state index contributed by atoms with van der Waals surface area (Å²) in [6, 6.07) is 4.56. The number of carbonyl (C=O) groups is 3. The van der Waals surface area contributed by atoms with Crippen LogP contribution in [-0.4, -0.2) is 24.9 Å². The average molecular weight is 346 g/mol. The van der Waals surface area contributed by atoms with E-state index in [-0.39, 0.29) is 46.1 Å². The average Bonchev–Trinajstić information content (AvgIpc) is 2.89. The van der Waals surface area contributed by atoms with Crippen LogP contribution >= 0.6 is 11.6 Å². The highest BCUT2D eigenvalue weighted by molar-refractivity contribution is 6.34. The lowest BCUT2D eigenvalue weighted by atomic mass is 9.63. The highest BCUT2D eigenvalue weighted by atomic mass is 35.5. The van der Waals surface area contributed by atoms with Crippen molar-refractivity contribution in [1.82, 2.24) is 0 Å². The Kier molecular flexibility index (Phi) is 3.49. The number of carbonyl (C=O) groups excluding carboxylic acids is 3. The Balaban J connectivity index is 1.74. The second-order valence-corrected chi connectivity index (χ2v) is 6.92. The zero-order valence-electron chi connectivity index (χ0n) is 13.1. The first-order valence-corrected chi connectivity index (χ1v) is 8.34. The molecule has 0 aromatic heterocycles. The van der Waals surface area contributed by atoms with Crippen molar-refractivity contribution in [2.75, 3.05) is 12.0 Å². The van der Waals surface area contributed by atoms with Crippen LogP contribution in [0.1, 0.15) is 23.2 Å². The molecule has 1 aliphatic heterocycles. The molecule has 124 valence electrons. The Hall–Kier alpha value is -2.14. The number of fused-ring (bicyclic) bond motifs is 1. The second kappa shape index (κ2) is 5.45. The van der Waals surface area contributed by atoms with Gasteiger partial charge < -0.3 is 4.74 Å². The van der Waals surface area contributed by atoms with Crippen LogP contribution in [0.25, 0.3) is 0 Å². The Labute approximate surface area is 144 Å². The van der Waals surface area contributed by atoms with Crippen molar-refractivity contribution >= 4 is 35.1 Å². The molecule has 6 heteroatoms. The van der Waals surface area contributed by atoms with E-state index < -0.39 is 5.97 Å². The van der Waals surface area contributed by atoms with Crippen LogP contribution in [0.4, 0.5) is 5.69 Å². The summed E-state index contributed by atoms with van der Waals surface area (Å²) in [5.41, 5.74) is 0.525. The van der Waals surface area contributed by atoms with E-state index in [9.17, 15) is 14.4 Å². The summed E-state index contributed by atoms with van der Waals surface area (Å²) < 4.78 is 4.71. The highest BCUT2D eigenvalue weighted by Crippen LogP contribution is 2.50. The number of halogens is 1. The lowest BCUT2D eigenvalue weighted by Crippen LogP contribution is -2.38. The number of anilines is 1. The fraction of sp³-hybridized carbons (Fsp3) is 0.389. The SMILES string of the molecule is COC(=O)c1cc(N2C(=O)[C@@H]3[C@H](C2=O)[C@H]2C=C[C@H]3CC2)ccc1Cl. The van der Waals surface area contributed by atoms with Gasteiger partial charge in [0.05, 0.1) is 35.2 Å². The molecule has 1 heterocycles. The molecule has 0 N–H and O–H groups in total. The molecule has 4 atom stereocenters. The third-order valence-corrected chi connectivity index (χ3v) is 5.70. The van der Waals surface area contributed by atoms with Gasteiger partial charge in [0.15, 0.2) is 0 Å². The monoisotopic (exact) mass is 345 g/mol. The number of esters is 1. The van der Waals surface area contributed by atoms with Gasteiger partial charge in [-0.1, -0.05) is 23.8 Å². The van der Waals surface area contributed by atoms with Crippen LogP contribution in [0.5, 0.6) is 0 Å². The van der Waals surface area contributed by atoms with Crippen molar-refractivity contribution in [1.29, 1.82) is 0 Å². The minimum Gasteiger partial charge on any atom is -0.465 e. The molecule has 0 unspecified atom stereocenters. The Morgan fingerprint density at radius 1 is 1.12 bits per heavy atom. The van der Waals surface area contributed by atoms with Gasteiger partial charge in [0.1, 0.15) is 0 Å². The van der Waals surface area contributed by atoms with Gasteiger partial charge in [-0.15, -0.1) is 0 Å². The fourth-order valence-corrected chi connectivity index (χ4v) is 4.44. The van der Waals surface area contributed by atoms with Gasteiger partial charge in [-0.2, -0.15) is 0 Å². The van der Waals surface area contributed by atoms with Crippen molar-refractivity contribution < 1.29 is 19.1 Å². The molecule has 24 heavy (non-hydrogen) atoms. The van der Waals surface area contributed by atoms with Gasteiger partial charge in [-0.05, 0) is 42.9 Å². The Morgan fingerprint density at radius 3 is 2.21 bits per heavy atom. The maximum absolute atomic E-state index is 12.9. The molecule has 2 fully saturated rings. The van der Waals surface area contributed by atoms with Crippen molar-refractivity contribution in [3.8, 4) is 0 Å². The first-order chi connectivity index (χ1) is 11.5. The summed E-state index contributed by atoms with van der Waals surface area (Å²) >= 11 is 6.03. The number of hydrogen-bond acceptors (Lipinski definition) is 4. The van der Waals surface area contributed by atoms with Crippen LogP contribution in [0.3, 0.4) is 0 Å². The van der Waals surface area contributed by atoms with Gasteiger partial charge >= 0.3 is 5.97 Å². The molecular formula is C18H16ClNO4. The van der Waals surface area contributed by atoms with Crippen LogP contribution in [-0.2, 0) is 14.3 Å². The molecule has 1 aromatic carbocycles. The molecule has 0 radical (unpaired) electrons. The van der Waals surface area contributed by atoms with E-state index in [1.807, 2.05) is 0 Å². The number of hydrogen-bond donors (Lipinski definition) is 0. The van der Waals surface area contributed by atoms with E-state index in [0.29, 0.717) is 5.69 Å². The molecule has 2 amide bonds. The largest absolute Gasteiger partial charge is 0.465 e. The van der Waals surface area contributed by atoms with E-state index >= 15 is 0 Å². The Morgan fingerprint density at radius 2 is 1.71 bits per heavy atom. The zero-order chi connectivity index (χ0) is 17.0. The van der Waals surface area contributed by atoms with Crippen molar-refractivity contribution in [3.63, 3.8) is 0 Å². The minimum absolute atomic E-state index is 0.133. The number of methoxy groups -OCH3 is 1. The highest BCUT2D eigenvalue weighted by Gasteiger charge is 2.56. The van der Waals surface area contributed by atoms with Crippen LogP contribution in [0.2, 0.25) is 5.02 Å². The molecule has 1 aromatic rings. The number of amides is 2. The first-order valence-electron chi connectivity index (χ1n) is 7.97. The molecule has 5 nitrogen and oxygen atoms in total. The van der Waals surface area contributed by atoms with Crippen LogP contribution < -0.4 is 4.90 Å². The number of imide groups is 1. The molecule has 4 aliphatic rings. The zero-order valence-corrected chi connectivity index (χ0v) is 13.8. The topological polar surface area (TPSA) is 63.7 Å². The van der Waals surface area contributed by atoms with Crippen LogP contribution in [0, 0.1) is 23.7 Å². The van der Waals surface area contributed by atoms with Crippen molar-refractivity contribution in [2.24, 2.45) is 23.7 Å². The van der Waals surface area contributed by atoms with E-state index in [4.69, 9.17) is 16.3 Å². The number of ether oxygens (including phenoxy) is 1. The number of nitrogens with zero attached hydrogens (tertiary/aromatic N) is 1. The van der Waals surface area contributed by atoms with Gasteiger partial charge in [-0.3, -0.25) is 9.59 Å². The summed E-state index contributed by atoms with van der Waals surface area (Å²) in [4.78, 5) is 38.8. The van der Waals surface area contributed by atoms with Gasteiger partial charge in [0.2, 0.25) is 11.8 Å². The van der Waals surface area contributed by atoms with E-state index in [2.05, 4.69) is 12.2 Å². The molecule has 1 saturated carbocycles. The van der Waals surface area contributed by atoms with E-state index in [0.717, 1.165) is 12.8 Å². The molecule has 2 bridgehead atoms. The van der Waals surface area contributed by atoms with Crippen molar-refractivity contribution in [3.05, 3.63) is 40.9 Å².